The normalized spacial score (nSPS) is 10.2. The van der Waals surface area contributed by atoms with E-state index >= 15 is 0 Å². The minimum Gasteiger partial charge on any atom is -0.493 e. The van der Waals surface area contributed by atoms with Crippen molar-refractivity contribution in [2.75, 3.05) is 31.9 Å². The molecule has 10 heteroatoms. The van der Waals surface area contributed by atoms with Gasteiger partial charge < -0.3 is 19.5 Å². The zero-order valence-corrected chi connectivity index (χ0v) is 16.9. The predicted octanol–water partition coefficient (Wildman–Crippen LogP) is 3.52. The predicted molar refractivity (Wildman–Crippen MR) is 108 cm³/mol. The Morgan fingerprint density at radius 1 is 1.21 bits per heavy atom. The number of rotatable bonds is 9. The second-order valence-corrected chi connectivity index (χ2v) is 6.45. The van der Waals surface area contributed by atoms with Crippen LogP contribution in [0.15, 0.2) is 41.3 Å². The molecule has 0 saturated heterocycles. The van der Waals surface area contributed by atoms with Crippen LogP contribution in [0.2, 0.25) is 0 Å². The summed E-state index contributed by atoms with van der Waals surface area (Å²) in [6.45, 7) is 1.38. The van der Waals surface area contributed by atoms with E-state index in [0.717, 1.165) is 11.0 Å². The molecule has 0 aliphatic rings. The number of carbonyl (C=O) groups is 2. The number of nitro groups is 1. The fourth-order valence-corrected chi connectivity index (χ4v) is 2.86. The summed E-state index contributed by atoms with van der Waals surface area (Å²) in [5.74, 6) is -1.32. The number of nitro benzene ring substituents is 1. The van der Waals surface area contributed by atoms with Gasteiger partial charge in [0.05, 0.1) is 24.7 Å². The molecule has 0 atom stereocenters. The van der Waals surface area contributed by atoms with E-state index in [1.807, 2.05) is 12.3 Å². The van der Waals surface area contributed by atoms with Crippen molar-refractivity contribution in [3.8, 4) is 11.5 Å². The summed E-state index contributed by atoms with van der Waals surface area (Å²) >= 11 is 1.52. The number of anilines is 1. The van der Waals surface area contributed by atoms with Crippen LogP contribution in [-0.2, 0) is 9.53 Å². The van der Waals surface area contributed by atoms with Crippen LogP contribution in [-0.4, -0.2) is 43.4 Å². The van der Waals surface area contributed by atoms with Crippen molar-refractivity contribution < 1.29 is 28.7 Å². The van der Waals surface area contributed by atoms with Crippen LogP contribution in [0.1, 0.15) is 17.3 Å². The minimum atomic E-state index is -1.02. The Morgan fingerprint density at radius 3 is 2.59 bits per heavy atom. The summed E-state index contributed by atoms with van der Waals surface area (Å²) in [5, 5.41) is 13.9. The van der Waals surface area contributed by atoms with Gasteiger partial charge in [-0.3, -0.25) is 14.9 Å². The van der Waals surface area contributed by atoms with Gasteiger partial charge in [0.2, 0.25) is 0 Å². The van der Waals surface area contributed by atoms with Crippen LogP contribution < -0.4 is 14.8 Å². The molecule has 0 radical (unpaired) electrons. The number of nitrogens with one attached hydrogen (secondary N) is 1. The minimum absolute atomic E-state index is 0.113. The molecule has 1 N–H and O–H groups in total. The zero-order valence-electron chi connectivity index (χ0n) is 16.1. The van der Waals surface area contributed by atoms with Gasteiger partial charge in [-0.05, 0) is 31.4 Å². The Balaban J connectivity index is 2.13. The van der Waals surface area contributed by atoms with Crippen molar-refractivity contribution in [2.24, 2.45) is 0 Å². The Bertz CT molecular complexity index is 917. The molecule has 0 heterocycles. The highest BCUT2D eigenvalue weighted by Crippen LogP contribution is 2.35. The molecule has 0 fully saturated rings. The van der Waals surface area contributed by atoms with Gasteiger partial charge in [0.25, 0.3) is 11.6 Å². The maximum absolute atomic E-state index is 12.4. The average molecular weight is 420 g/mol. The molecule has 9 nitrogen and oxygen atoms in total. The Kier molecular flexibility index (Phi) is 7.84. The smallest absolute Gasteiger partial charge is 0.345 e. The van der Waals surface area contributed by atoms with Crippen molar-refractivity contribution in [1.82, 2.24) is 0 Å². The van der Waals surface area contributed by atoms with Crippen molar-refractivity contribution in [1.29, 1.82) is 0 Å². The van der Waals surface area contributed by atoms with E-state index < -0.39 is 29.1 Å². The van der Waals surface area contributed by atoms with E-state index in [0.29, 0.717) is 5.69 Å². The van der Waals surface area contributed by atoms with Crippen LogP contribution >= 0.6 is 11.8 Å². The molecule has 154 valence electrons. The zero-order chi connectivity index (χ0) is 21.4. The summed E-state index contributed by atoms with van der Waals surface area (Å²) in [7, 11) is 1.33. The molecular weight excluding hydrogens is 400 g/mol. The van der Waals surface area contributed by atoms with Crippen molar-refractivity contribution in [3.05, 3.63) is 52.1 Å². The number of esters is 1. The van der Waals surface area contributed by atoms with Gasteiger partial charge in [-0.25, -0.2) is 4.79 Å². The monoisotopic (exact) mass is 420 g/mol. The molecule has 2 rings (SSSR count). The fourth-order valence-electron chi connectivity index (χ4n) is 2.40. The lowest BCUT2D eigenvalue weighted by Gasteiger charge is -2.12. The van der Waals surface area contributed by atoms with Crippen LogP contribution in [0.3, 0.4) is 0 Å². The highest BCUT2D eigenvalue weighted by Gasteiger charge is 2.26. The Labute approximate surface area is 171 Å². The largest absolute Gasteiger partial charge is 0.493 e. The number of carbonyl (C=O) groups excluding carboxylic acids is 2. The van der Waals surface area contributed by atoms with Crippen LogP contribution in [0.5, 0.6) is 11.5 Å². The number of methoxy groups -OCH3 is 1. The molecule has 0 aromatic heterocycles. The van der Waals surface area contributed by atoms with E-state index in [-0.39, 0.29) is 23.7 Å². The number of benzene rings is 2. The van der Waals surface area contributed by atoms with Gasteiger partial charge >= 0.3 is 5.97 Å². The van der Waals surface area contributed by atoms with E-state index in [2.05, 4.69) is 5.32 Å². The third-order valence-electron chi connectivity index (χ3n) is 3.69. The Morgan fingerprint density at radius 2 is 1.97 bits per heavy atom. The highest BCUT2D eigenvalue weighted by molar-refractivity contribution is 7.98. The van der Waals surface area contributed by atoms with Gasteiger partial charge in [-0.1, -0.05) is 6.07 Å². The molecule has 2 aromatic rings. The van der Waals surface area contributed by atoms with Gasteiger partial charge in [0.1, 0.15) is 5.56 Å². The molecule has 0 bridgehead atoms. The van der Waals surface area contributed by atoms with Gasteiger partial charge in [-0.2, -0.15) is 0 Å². The molecule has 0 saturated carbocycles. The standard InChI is InChI=1S/C19H20N2O7S/c1-4-27-17-9-14(15(21(24)25)10-16(17)26-2)19(23)28-11-18(22)20-12-6-5-7-13(8-12)29-3/h5-10H,4,11H2,1-3H3,(H,20,22). The first kappa shape index (κ1) is 22.0. The lowest BCUT2D eigenvalue weighted by molar-refractivity contribution is -0.385. The highest BCUT2D eigenvalue weighted by atomic mass is 32.2. The summed E-state index contributed by atoms with van der Waals surface area (Å²) in [6.07, 6.45) is 1.90. The molecule has 0 aliphatic heterocycles. The van der Waals surface area contributed by atoms with Crippen molar-refractivity contribution in [3.63, 3.8) is 0 Å². The number of hydrogen-bond donors (Lipinski definition) is 1. The van der Waals surface area contributed by atoms with Crippen LogP contribution in [0.25, 0.3) is 0 Å². The van der Waals surface area contributed by atoms with E-state index in [9.17, 15) is 19.7 Å². The van der Waals surface area contributed by atoms with Gasteiger partial charge in [-0.15, -0.1) is 11.8 Å². The van der Waals surface area contributed by atoms with Gasteiger partial charge in [0.15, 0.2) is 18.1 Å². The first-order valence-electron chi connectivity index (χ1n) is 8.49. The molecule has 0 aliphatic carbocycles. The maximum Gasteiger partial charge on any atom is 0.345 e. The number of ether oxygens (including phenoxy) is 3. The molecule has 1 amide bonds. The van der Waals surface area contributed by atoms with E-state index in [4.69, 9.17) is 14.2 Å². The third-order valence-corrected chi connectivity index (χ3v) is 4.41. The summed E-state index contributed by atoms with van der Waals surface area (Å²) < 4.78 is 15.4. The second-order valence-electron chi connectivity index (χ2n) is 5.57. The lowest BCUT2D eigenvalue weighted by atomic mass is 10.1. The summed E-state index contributed by atoms with van der Waals surface area (Å²) in [6, 6.07) is 9.38. The Hall–Kier alpha value is -3.27. The first-order chi connectivity index (χ1) is 13.9. The number of hydrogen-bond acceptors (Lipinski definition) is 8. The van der Waals surface area contributed by atoms with Crippen LogP contribution in [0, 0.1) is 10.1 Å². The number of nitrogens with zero attached hydrogens (tertiary/aromatic N) is 1. The number of thioether (sulfide) groups is 1. The van der Waals surface area contributed by atoms with Crippen LogP contribution in [0.4, 0.5) is 11.4 Å². The molecule has 0 spiro atoms. The summed E-state index contributed by atoms with van der Waals surface area (Å²) in [5.41, 5.74) is -0.299. The third kappa shape index (κ3) is 5.85. The molecule has 2 aromatic carbocycles. The SMILES string of the molecule is CCOc1cc(C(=O)OCC(=O)Nc2cccc(SC)c2)c([N+](=O)[O-])cc1OC. The van der Waals surface area contributed by atoms with E-state index in [1.54, 1.807) is 25.1 Å². The maximum atomic E-state index is 12.4. The van der Waals surface area contributed by atoms with E-state index in [1.165, 1.54) is 24.9 Å². The quantitative estimate of drug-likeness (QED) is 0.283. The van der Waals surface area contributed by atoms with Gasteiger partial charge in [0, 0.05) is 16.6 Å². The lowest BCUT2D eigenvalue weighted by Crippen LogP contribution is -2.21. The second kappa shape index (κ2) is 10.3. The fraction of sp³-hybridized carbons (Fsp3) is 0.263. The topological polar surface area (TPSA) is 117 Å². The van der Waals surface area contributed by atoms with Crippen molar-refractivity contribution in [2.45, 2.75) is 11.8 Å². The first-order valence-corrected chi connectivity index (χ1v) is 9.72. The molecule has 29 heavy (non-hydrogen) atoms. The summed E-state index contributed by atoms with van der Waals surface area (Å²) in [4.78, 5) is 36.0. The number of amides is 1. The average Bonchev–Trinajstić information content (AvgIpc) is 2.71. The van der Waals surface area contributed by atoms with Crippen molar-refractivity contribution >= 4 is 35.0 Å². The molecule has 0 unspecified atom stereocenters. The molecular formula is C19H20N2O7S.